The number of hydrogen-bond acceptors (Lipinski definition) is 7. The molecule has 0 aliphatic carbocycles. The number of rotatable bonds is 7. The van der Waals surface area contributed by atoms with E-state index in [1.54, 1.807) is 43.5 Å². The molecule has 2 aromatic rings. The molecule has 1 aliphatic heterocycles. The lowest BCUT2D eigenvalue weighted by Crippen LogP contribution is -2.37. The molecule has 1 amide bonds. The molecule has 0 bridgehead atoms. The van der Waals surface area contributed by atoms with Crippen molar-refractivity contribution < 1.29 is 23.8 Å². The number of nitrogens with zero attached hydrogens (tertiary/aromatic N) is 1. The molecule has 1 fully saturated rings. The summed E-state index contributed by atoms with van der Waals surface area (Å²) < 4.78 is 17.0. The summed E-state index contributed by atoms with van der Waals surface area (Å²) in [5, 5.41) is 0. The molecule has 1 heterocycles. The van der Waals surface area contributed by atoms with Crippen molar-refractivity contribution in [3.8, 4) is 11.5 Å². The molecule has 3 rings (SSSR count). The van der Waals surface area contributed by atoms with Crippen LogP contribution in [0.5, 0.6) is 11.5 Å². The smallest absolute Gasteiger partial charge is 0.333 e. The topological polar surface area (TPSA) is 65.1 Å². The van der Waals surface area contributed by atoms with E-state index < -0.39 is 12.0 Å². The summed E-state index contributed by atoms with van der Waals surface area (Å²) >= 11 is 10.1. The van der Waals surface area contributed by atoms with Gasteiger partial charge in [0.05, 0.1) is 30.2 Å². The maximum absolute atomic E-state index is 13.2. The van der Waals surface area contributed by atoms with Crippen LogP contribution in [0.25, 0.3) is 6.08 Å². The minimum atomic E-state index is -0.953. The Kier molecular flexibility index (Phi) is 7.74. The minimum Gasteiger partial charge on any atom is -0.492 e. The zero-order valence-corrected chi connectivity index (χ0v) is 20.3. The van der Waals surface area contributed by atoms with E-state index in [2.05, 4.69) is 15.9 Å². The van der Waals surface area contributed by atoms with E-state index in [9.17, 15) is 9.59 Å². The second kappa shape index (κ2) is 10.3. The van der Waals surface area contributed by atoms with Crippen LogP contribution in [0.1, 0.15) is 24.1 Å². The number of ether oxygens (including phenoxy) is 3. The van der Waals surface area contributed by atoms with Crippen molar-refractivity contribution in [3.05, 3.63) is 63.0 Å². The van der Waals surface area contributed by atoms with Gasteiger partial charge in [0, 0.05) is 0 Å². The number of thioether (sulfide) groups is 1. The summed E-state index contributed by atoms with van der Waals surface area (Å²) in [7, 11) is 2.85. The largest absolute Gasteiger partial charge is 0.492 e. The van der Waals surface area contributed by atoms with Crippen molar-refractivity contribution in [2.75, 3.05) is 20.8 Å². The molecule has 1 aliphatic rings. The van der Waals surface area contributed by atoms with Crippen LogP contribution in [0.2, 0.25) is 0 Å². The fraction of sp³-hybridized carbons (Fsp3) is 0.227. The number of benzene rings is 2. The van der Waals surface area contributed by atoms with Crippen LogP contribution in [-0.2, 0) is 14.3 Å². The normalized spacial score (nSPS) is 15.9. The van der Waals surface area contributed by atoms with Crippen LogP contribution >= 0.6 is 39.9 Å². The Morgan fingerprint density at radius 1 is 1.26 bits per heavy atom. The molecule has 162 valence electrons. The van der Waals surface area contributed by atoms with E-state index >= 15 is 0 Å². The second-order valence-electron chi connectivity index (χ2n) is 6.36. The van der Waals surface area contributed by atoms with Gasteiger partial charge < -0.3 is 14.2 Å². The summed E-state index contributed by atoms with van der Waals surface area (Å²) in [6.45, 7) is 2.34. The molecular formula is C22H20BrNO5S2. The molecule has 0 radical (unpaired) electrons. The first-order valence-corrected chi connectivity index (χ1v) is 11.3. The maximum atomic E-state index is 13.2. The van der Waals surface area contributed by atoms with Gasteiger partial charge in [-0.2, -0.15) is 0 Å². The molecule has 31 heavy (non-hydrogen) atoms. The van der Waals surface area contributed by atoms with Gasteiger partial charge in [0.1, 0.15) is 4.32 Å². The molecule has 0 aromatic heterocycles. The van der Waals surface area contributed by atoms with Gasteiger partial charge in [0.2, 0.25) is 0 Å². The standard InChI is InChI=1S/C22H20BrNO5S2/c1-4-29-16-11-13(10-15(23)19(16)27-2)12-17-20(25)24(22(30)31-17)18(21(26)28-3)14-8-6-5-7-9-14/h5-12,18H,4H2,1-3H3/b17-12-. The fourth-order valence-corrected chi connectivity index (χ4v) is 5.06. The maximum Gasteiger partial charge on any atom is 0.333 e. The van der Waals surface area contributed by atoms with E-state index in [0.29, 0.717) is 33.0 Å². The van der Waals surface area contributed by atoms with Gasteiger partial charge in [-0.15, -0.1) is 0 Å². The van der Waals surface area contributed by atoms with Crippen molar-refractivity contribution >= 4 is 62.2 Å². The Labute approximate surface area is 198 Å². The van der Waals surface area contributed by atoms with Crippen molar-refractivity contribution in [3.63, 3.8) is 0 Å². The van der Waals surface area contributed by atoms with Crippen LogP contribution in [0.3, 0.4) is 0 Å². The number of carbonyl (C=O) groups excluding carboxylic acids is 2. The van der Waals surface area contributed by atoms with Gasteiger partial charge in [0.15, 0.2) is 17.5 Å². The third-order valence-corrected chi connectivity index (χ3v) is 6.37. The highest BCUT2D eigenvalue weighted by atomic mass is 79.9. The molecule has 1 atom stereocenters. The first-order chi connectivity index (χ1) is 14.9. The lowest BCUT2D eigenvalue weighted by atomic mass is 10.1. The molecule has 1 unspecified atom stereocenters. The molecule has 0 N–H and O–H groups in total. The average Bonchev–Trinajstić information content (AvgIpc) is 3.02. The average molecular weight is 522 g/mol. The highest BCUT2D eigenvalue weighted by molar-refractivity contribution is 9.10. The van der Waals surface area contributed by atoms with E-state index in [-0.39, 0.29) is 10.2 Å². The van der Waals surface area contributed by atoms with Crippen LogP contribution in [0.4, 0.5) is 0 Å². The molecule has 6 nitrogen and oxygen atoms in total. The van der Waals surface area contributed by atoms with Gasteiger partial charge in [-0.25, -0.2) is 4.79 Å². The Morgan fingerprint density at radius 3 is 2.58 bits per heavy atom. The van der Waals surface area contributed by atoms with Gasteiger partial charge >= 0.3 is 5.97 Å². The second-order valence-corrected chi connectivity index (χ2v) is 8.89. The number of esters is 1. The predicted molar refractivity (Wildman–Crippen MR) is 128 cm³/mol. The molecule has 0 spiro atoms. The first-order valence-electron chi connectivity index (χ1n) is 9.31. The number of methoxy groups -OCH3 is 2. The van der Waals surface area contributed by atoms with Gasteiger partial charge in [-0.3, -0.25) is 9.69 Å². The van der Waals surface area contributed by atoms with Gasteiger partial charge in [-0.05, 0) is 52.2 Å². The molecule has 2 aromatic carbocycles. The third-order valence-electron chi connectivity index (χ3n) is 4.46. The Bertz CT molecular complexity index is 1040. The summed E-state index contributed by atoms with van der Waals surface area (Å²) in [5.74, 6) is 0.202. The number of amides is 1. The van der Waals surface area contributed by atoms with Crippen molar-refractivity contribution in [1.29, 1.82) is 0 Å². The first kappa shape index (κ1) is 23.3. The van der Waals surface area contributed by atoms with Crippen LogP contribution in [0.15, 0.2) is 51.8 Å². The van der Waals surface area contributed by atoms with Crippen molar-refractivity contribution in [2.24, 2.45) is 0 Å². The van der Waals surface area contributed by atoms with Crippen LogP contribution in [0, 0.1) is 0 Å². The highest BCUT2D eigenvalue weighted by Gasteiger charge is 2.41. The summed E-state index contributed by atoms with van der Waals surface area (Å²) in [4.78, 5) is 27.5. The Morgan fingerprint density at radius 2 is 1.97 bits per heavy atom. The summed E-state index contributed by atoms with van der Waals surface area (Å²) in [6.07, 6.45) is 1.71. The highest BCUT2D eigenvalue weighted by Crippen LogP contribution is 2.41. The van der Waals surface area contributed by atoms with Crippen LogP contribution in [-0.4, -0.2) is 41.9 Å². The van der Waals surface area contributed by atoms with E-state index in [1.165, 1.54) is 12.0 Å². The number of thiocarbonyl (C=S) groups is 1. The number of carbonyl (C=O) groups is 2. The van der Waals surface area contributed by atoms with Crippen molar-refractivity contribution in [1.82, 2.24) is 4.90 Å². The number of hydrogen-bond donors (Lipinski definition) is 0. The van der Waals surface area contributed by atoms with Gasteiger partial charge in [0.25, 0.3) is 5.91 Å². The van der Waals surface area contributed by atoms with Crippen LogP contribution < -0.4 is 9.47 Å². The SMILES string of the molecule is CCOc1cc(/C=C2\SC(=S)N(C(C(=O)OC)c3ccccc3)C2=O)cc(Br)c1OC. The Hall–Kier alpha value is -2.36. The molecule has 0 saturated carbocycles. The third kappa shape index (κ3) is 4.94. The predicted octanol–water partition coefficient (Wildman–Crippen LogP) is 4.97. The monoisotopic (exact) mass is 521 g/mol. The van der Waals surface area contributed by atoms with E-state index in [0.717, 1.165) is 17.3 Å². The zero-order valence-electron chi connectivity index (χ0n) is 17.1. The quantitative estimate of drug-likeness (QED) is 0.289. The zero-order chi connectivity index (χ0) is 22.5. The lowest BCUT2D eigenvalue weighted by Gasteiger charge is -2.24. The summed E-state index contributed by atoms with van der Waals surface area (Å²) in [6, 6.07) is 11.6. The minimum absolute atomic E-state index is 0.285. The number of halogens is 1. The van der Waals surface area contributed by atoms with E-state index in [4.69, 9.17) is 26.4 Å². The Balaban J connectivity index is 1.99. The molecular weight excluding hydrogens is 502 g/mol. The summed E-state index contributed by atoms with van der Waals surface area (Å²) in [5.41, 5.74) is 1.35. The fourth-order valence-electron chi connectivity index (χ4n) is 3.12. The molecule has 1 saturated heterocycles. The molecule has 9 heteroatoms. The van der Waals surface area contributed by atoms with Gasteiger partial charge in [-0.1, -0.05) is 54.3 Å². The lowest BCUT2D eigenvalue weighted by molar-refractivity contribution is -0.148. The van der Waals surface area contributed by atoms with E-state index in [1.807, 2.05) is 19.1 Å². The van der Waals surface area contributed by atoms with Crippen molar-refractivity contribution in [2.45, 2.75) is 13.0 Å².